The van der Waals surface area contributed by atoms with E-state index in [1.807, 2.05) is 0 Å². The van der Waals surface area contributed by atoms with Crippen LogP contribution in [0.15, 0.2) is 11.6 Å². The Morgan fingerprint density at radius 1 is 0.935 bits per heavy atom. The van der Waals surface area contributed by atoms with E-state index in [1.54, 1.807) is 0 Å². The molecule has 2 heterocycles. The van der Waals surface area contributed by atoms with Crippen molar-refractivity contribution in [3.63, 3.8) is 0 Å². The molecule has 13 heteroatoms. The van der Waals surface area contributed by atoms with E-state index in [1.165, 1.54) is 5.57 Å². The van der Waals surface area contributed by atoms with Crippen molar-refractivity contribution in [2.24, 2.45) is 46.3 Å². The third-order valence-corrected chi connectivity index (χ3v) is 14.5. The molecule has 13 atom stereocenters. The summed E-state index contributed by atoms with van der Waals surface area (Å²) in [4.78, 5) is 0. The molecule has 0 aromatic rings. The monoisotopic (exact) mass is 690 g/mol. The van der Waals surface area contributed by atoms with Crippen LogP contribution in [0, 0.1) is 46.3 Å². The molecule has 0 aromatic heterocycles. The first-order valence-corrected chi connectivity index (χ1v) is 20.0. The van der Waals surface area contributed by atoms with Gasteiger partial charge in [-0.25, -0.2) is 8.37 Å². The Hall–Kier alpha value is -0.640. The fourth-order valence-corrected chi connectivity index (χ4v) is 12.8. The van der Waals surface area contributed by atoms with Crippen molar-refractivity contribution >= 4 is 20.8 Å². The van der Waals surface area contributed by atoms with Gasteiger partial charge in [-0.15, -0.1) is 0 Å². The van der Waals surface area contributed by atoms with Gasteiger partial charge in [-0.3, -0.25) is 9.11 Å². The molecule has 4 aliphatic carbocycles. The molecule has 4 unspecified atom stereocenters. The molecule has 0 amide bonds. The van der Waals surface area contributed by atoms with Crippen LogP contribution in [0.2, 0.25) is 0 Å². The fraction of sp³-hybridized carbons (Fsp3) is 0.939. The Morgan fingerprint density at radius 3 is 2.22 bits per heavy atom. The van der Waals surface area contributed by atoms with Crippen molar-refractivity contribution in [1.29, 1.82) is 0 Å². The van der Waals surface area contributed by atoms with E-state index in [-0.39, 0.29) is 53.6 Å². The Morgan fingerprint density at radius 2 is 1.61 bits per heavy atom. The van der Waals surface area contributed by atoms with Crippen LogP contribution in [-0.4, -0.2) is 61.9 Å². The third kappa shape index (κ3) is 5.85. The number of allylic oxidation sites excluding steroid dienone is 1. The number of rotatable bonds is 9. The molecule has 6 rings (SSSR count). The van der Waals surface area contributed by atoms with Crippen LogP contribution in [0.4, 0.5) is 0 Å². The summed E-state index contributed by atoms with van der Waals surface area (Å²) in [7, 11) is -9.75. The maximum atomic E-state index is 11.8. The lowest BCUT2D eigenvalue weighted by Crippen LogP contribution is -2.61. The van der Waals surface area contributed by atoms with Gasteiger partial charge >= 0.3 is 20.8 Å². The second-order valence-electron chi connectivity index (χ2n) is 16.2. The van der Waals surface area contributed by atoms with Gasteiger partial charge in [0, 0.05) is 12.3 Å². The number of hydrogen-bond acceptors (Lipinski definition) is 9. The van der Waals surface area contributed by atoms with E-state index in [4.69, 9.17) is 22.6 Å². The van der Waals surface area contributed by atoms with Crippen LogP contribution in [0.5, 0.6) is 0 Å². The predicted octanol–water partition coefficient (Wildman–Crippen LogP) is 6.26. The van der Waals surface area contributed by atoms with Crippen molar-refractivity contribution < 1.29 is 48.5 Å². The van der Waals surface area contributed by atoms with Crippen LogP contribution in [-0.2, 0) is 43.4 Å². The molecular weight excluding hydrogens is 636 g/mol. The minimum absolute atomic E-state index is 0.00260. The summed E-state index contributed by atoms with van der Waals surface area (Å²) in [6.07, 6.45) is 6.95. The van der Waals surface area contributed by atoms with E-state index in [2.05, 4.69) is 54.5 Å². The topological polar surface area (TPSA) is 155 Å². The van der Waals surface area contributed by atoms with E-state index < -0.39 is 44.6 Å². The lowest BCUT2D eigenvalue weighted by Gasteiger charge is -2.62. The maximum absolute atomic E-state index is 11.8. The van der Waals surface area contributed by atoms with Gasteiger partial charge in [0.15, 0.2) is 0 Å². The highest BCUT2D eigenvalue weighted by molar-refractivity contribution is 7.81. The molecular formula is C33H54O11S2. The summed E-state index contributed by atoms with van der Waals surface area (Å²) in [5.41, 5.74) is 0.408. The number of ether oxygens (including phenoxy) is 3. The van der Waals surface area contributed by atoms with Crippen LogP contribution < -0.4 is 0 Å². The van der Waals surface area contributed by atoms with Crippen molar-refractivity contribution in [3.8, 4) is 0 Å². The summed E-state index contributed by atoms with van der Waals surface area (Å²) in [6, 6.07) is 0. The van der Waals surface area contributed by atoms with Gasteiger partial charge in [0.05, 0.1) is 12.2 Å². The average molecular weight is 691 g/mol. The fourth-order valence-electron chi connectivity index (χ4n) is 11.8. The highest BCUT2D eigenvalue weighted by Crippen LogP contribution is 2.72. The molecule has 2 bridgehead atoms. The molecule has 0 aromatic carbocycles. The van der Waals surface area contributed by atoms with E-state index >= 15 is 0 Å². The van der Waals surface area contributed by atoms with Crippen LogP contribution in [0.25, 0.3) is 0 Å². The van der Waals surface area contributed by atoms with E-state index in [0.717, 1.165) is 44.9 Å². The number of hydrogen-bond donors (Lipinski definition) is 2. The lowest BCUT2D eigenvalue weighted by molar-refractivity contribution is -0.403. The Labute approximate surface area is 275 Å². The highest BCUT2D eigenvalue weighted by Gasteiger charge is 2.74. The summed E-state index contributed by atoms with van der Waals surface area (Å²) >= 11 is 0. The zero-order valence-corrected chi connectivity index (χ0v) is 29.9. The first kappa shape index (κ1) is 35.2. The zero-order valence-electron chi connectivity index (χ0n) is 28.3. The summed E-state index contributed by atoms with van der Waals surface area (Å²) in [6.45, 7) is 15.5. The molecule has 6 aliphatic rings. The van der Waals surface area contributed by atoms with Crippen LogP contribution in [0.3, 0.4) is 0 Å². The minimum atomic E-state index is -4.89. The lowest BCUT2D eigenvalue weighted by atomic mass is 9.44. The largest absolute Gasteiger partial charge is 0.397 e. The van der Waals surface area contributed by atoms with Gasteiger partial charge in [-0.2, -0.15) is 16.8 Å². The van der Waals surface area contributed by atoms with Gasteiger partial charge < -0.3 is 14.2 Å². The van der Waals surface area contributed by atoms with Crippen molar-refractivity contribution in [2.45, 2.75) is 149 Å². The van der Waals surface area contributed by atoms with Crippen molar-refractivity contribution in [2.75, 3.05) is 0 Å². The van der Waals surface area contributed by atoms with Gasteiger partial charge in [0.2, 0.25) is 0 Å². The molecule has 4 saturated carbocycles. The Bertz CT molecular complexity index is 1430. The smallest absolute Gasteiger partial charge is 0.324 e. The number of fused-ring (bicyclic) bond motifs is 10. The summed E-state index contributed by atoms with van der Waals surface area (Å²) in [5.74, 6) is 0.506. The molecule has 11 nitrogen and oxygen atoms in total. The van der Waals surface area contributed by atoms with Gasteiger partial charge in [0.25, 0.3) is 5.97 Å². The van der Waals surface area contributed by atoms with Crippen LogP contribution in [0.1, 0.15) is 113 Å². The van der Waals surface area contributed by atoms with Crippen molar-refractivity contribution in [1.82, 2.24) is 0 Å². The van der Waals surface area contributed by atoms with Gasteiger partial charge in [0.1, 0.15) is 17.8 Å². The summed E-state index contributed by atoms with van der Waals surface area (Å²) < 4.78 is 96.7. The molecule has 2 saturated heterocycles. The Kier molecular flexibility index (Phi) is 8.97. The molecule has 264 valence electrons. The first-order chi connectivity index (χ1) is 21.3. The van der Waals surface area contributed by atoms with E-state index in [9.17, 15) is 25.9 Å². The standard InChI is InChI=1S/C33H54O11S2/c1-8-13-33-40-26-17-24-22-11-10-21-16-25(42-45(34,35)36)27(43-46(37,38)39)18-31(21,6)23(22)12-14-30(24,5)29(26)32(7,44-33)28(41-33)15-20(9-2)19(3)4/h9,19,21-29H,8,10-18H2,1-7H3,(H,34,35,36)(H,37,38,39)/b20-9-/t21-,22?,23?,24-,25-,26-,27-,28+,29?,30-,31-,32+,33?/m0/s1. The minimum Gasteiger partial charge on any atom is -0.324 e. The highest BCUT2D eigenvalue weighted by atomic mass is 32.3. The molecule has 2 aliphatic heterocycles. The van der Waals surface area contributed by atoms with Crippen LogP contribution >= 0.6 is 0 Å². The second kappa shape index (κ2) is 11.7. The van der Waals surface area contributed by atoms with Gasteiger partial charge in [-0.05, 0) is 112 Å². The normalized spacial score (nSPS) is 48.9. The average Bonchev–Trinajstić information content (AvgIpc) is 3.33. The Balaban J connectivity index is 1.31. The third-order valence-electron chi connectivity index (χ3n) is 13.5. The molecule has 0 spiro atoms. The SMILES string of the molecule is C/C=C(/C[C@H]1OC2(CCC)O[C@H]3C[C@H]4C5CC[C@H]6C[C@H](OS(=O)(=O)O)[C@@H](OS(=O)(=O)O)C[C@]6(C)C5CC[C@]4(C)C3[C@]1(C)O2)C(C)C. The molecule has 6 fully saturated rings. The molecule has 46 heavy (non-hydrogen) atoms. The second-order valence-corrected chi connectivity index (χ2v) is 18.3. The summed E-state index contributed by atoms with van der Waals surface area (Å²) in [5, 5.41) is 0. The predicted molar refractivity (Wildman–Crippen MR) is 169 cm³/mol. The quantitative estimate of drug-likeness (QED) is 0.208. The van der Waals surface area contributed by atoms with Crippen molar-refractivity contribution in [3.05, 3.63) is 11.6 Å². The zero-order chi connectivity index (χ0) is 33.7. The van der Waals surface area contributed by atoms with E-state index in [0.29, 0.717) is 24.2 Å². The van der Waals surface area contributed by atoms with Gasteiger partial charge in [-0.1, -0.05) is 46.3 Å². The molecule has 2 N–H and O–H groups in total. The maximum Gasteiger partial charge on any atom is 0.397 e. The first-order valence-electron chi connectivity index (χ1n) is 17.3. The molecule has 0 radical (unpaired) electrons.